The van der Waals surface area contributed by atoms with Crippen LogP contribution in [0.3, 0.4) is 0 Å². The largest absolute Gasteiger partial charge is 0.496 e. The fraction of sp³-hybridized carbons (Fsp3) is 0.190. The number of anilines is 1. The van der Waals surface area contributed by atoms with Crippen LogP contribution in [-0.4, -0.2) is 35.8 Å². The monoisotopic (exact) mass is 412 g/mol. The number of hydrogen-bond donors (Lipinski definition) is 2. The highest BCUT2D eigenvalue weighted by Gasteiger charge is 2.24. The third-order valence-electron chi connectivity index (χ3n) is 4.42. The highest BCUT2D eigenvalue weighted by Crippen LogP contribution is 2.22. The zero-order chi connectivity index (χ0) is 21.7. The van der Waals surface area contributed by atoms with Gasteiger partial charge in [-0.1, -0.05) is 30.3 Å². The summed E-state index contributed by atoms with van der Waals surface area (Å²) in [4.78, 5) is 25.0. The van der Waals surface area contributed by atoms with Crippen molar-refractivity contribution in [1.29, 1.82) is 0 Å². The minimum Gasteiger partial charge on any atom is -0.496 e. The number of ether oxygens (including phenoxy) is 2. The zero-order valence-corrected chi connectivity index (χ0v) is 16.7. The molecule has 0 aliphatic carbocycles. The van der Waals surface area contributed by atoms with Gasteiger partial charge in [-0.2, -0.15) is 5.10 Å². The average Bonchev–Trinajstić information content (AvgIpc) is 3.05. The number of amides is 2. The van der Waals surface area contributed by atoms with Crippen molar-refractivity contribution in [3.05, 3.63) is 71.2 Å². The molecule has 1 heterocycles. The van der Waals surface area contributed by atoms with Crippen LogP contribution in [-0.2, 0) is 13.6 Å². The molecule has 156 valence electrons. The van der Waals surface area contributed by atoms with E-state index in [4.69, 9.17) is 9.47 Å². The van der Waals surface area contributed by atoms with E-state index >= 15 is 0 Å². The summed E-state index contributed by atoms with van der Waals surface area (Å²) in [5, 5.41) is 8.96. The molecule has 3 aromatic rings. The maximum Gasteiger partial charge on any atom is 0.275 e. The van der Waals surface area contributed by atoms with Crippen LogP contribution >= 0.6 is 0 Å². The van der Waals surface area contributed by atoms with E-state index in [1.165, 1.54) is 21.3 Å². The molecule has 0 atom stereocenters. The first-order valence-corrected chi connectivity index (χ1v) is 9.03. The van der Waals surface area contributed by atoms with Crippen LogP contribution in [0.2, 0.25) is 0 Å². The normalized spacial score (nSPS) is 10.4. The first-order valence-electron chi connectivity index (χ1n) is 9.03. The first-order chi connectivity index (χ1) is 14.5. The Morgan fingerprint density at radius 1 is 1.00 bits per heavy atom. The molecule has 0 fully saturated rings. The maximum absolute atomic E-state index is 14.9. The molecule has 0 saturated carbocycles. The number of halogens is 1. The Morgan fingerprint density at radius 3 is 2.33 bits per heavy atom. The standard InChI is InChI=1S/C21H21FN4O4/c1-26-19(24-20(27)14-9-5-7-11-16(14)30-3)17(22)18(25-26)21(28)23-12-13-8-4-6-10-15(13)29-2/h4-11H,12H2,1-3H3,(H,23,28)(H,24,27). The Morgan fingerprint density at radius 2 is 1.63 bits per heavy atom. The van der Waals surface area contributed by atoms with Crippen molar-refractivity contribution < 1.29 is 23.5 Å². The molecule has 30 heavy (non-hydrogen) atoms. The summed E-state index contributed by atoms with van der Waals surface area (Å²) in [6, 6.07) is 13.7. The Balaban J connectivity index is 1.76. The SMILES string of the molecule is COc1ccccc1CNC(=O)c1nn(C)c(NC(=O)c2ccccc2OC)c1F. The fourth-order valence-corrected chi connectivity index (χ4v) is 2.89. The second kappa shape index (κ2) is 9.08. The van der Waals surface area contributed by atoms with Gasteiger partial charge in [-0.05, 0) is 18.2 Å². The molecule has 0 aliphatic rings. The number of aromatic nitrogens is 2. The molecule has 2 aromatic carbocycles. The highest BCUT2D eigenvalue weighted by atomic mass is 19.1. The van der Waals surface area contributed by atoms with E-state index in [1.54, 1.807) is 48.5 Å². The van der Waals surface area contributed by atoms with Crippen LogP contribution < -0.4 is 20.1 Å². The quantitative estimate of drug-likeness (QED) is 0.622. The van der Waals surface area contributed by atoms with E-state index in [9.17, 15) is 14.0 Å². The second-order valence-electron chi connectivity index (χ2n) is 6.28. The summed E-state index contributed by atoms with van der Waals surface area (Å²) in [5.41, 5.74) is 0.528. The Kier molecular flexibility index (Phi) is 6.31. The van der Waals surface area contributed by atoms with Gasteiger partial charge in [0.25, 0.3) is 11.8 Å². The van der Waals surface area contributed by atoms with Crippen molar-refractivity contribution in [2.24, 2.45) is 7.05 Å². The lowest BCUT2D eigenvalue weighted by Gasteiger charge is -2.09. The first kappa shape index (κ1) is 20.8. The predicted molar refractivity (Wildman–Crippen MR) is 108 cm³/mol. The van der Waals surface area contributed by atoms with Crippen molar-refractivity contribution in [2.75, 3.05) is 19.5 Å². The second-order valence-corrected chi connectivity index (χ2v) is 6.28. The van der Waals surface area contributed by atoms with Gasteiger partial charge in [0.2, 0.25) is 0 Å². The van der Waals surface area contributed by atoms with Gasteiger partial charge in [0.05, 0.1) is 19.8 Å². The van der Waals surface area contributed by atoms with Gasteiger partial charge in [-0.3, -0.25) is 9.59 Å². The maximum atomic E-state index is 14.9. The molecule has 2 N–H and O–H groups in total. The third-order valence-corrected chi connectivity index (χ3v) is 4.42. The number of hydrogen-bond acceptors (Lipinski definition) is 5. The minimum absolute atomic E-state index is 0.127. The van der Waals surface area contributed by atoms with E-state index in [0.717, 1.165) is 10.2 Å². The van der Waals surface area contributed by atoms with Crippen molar-refractivity contribution in [2.45, 2.75) is 6.54 Å². The highest BCUT2D eigenvalue weighted by molar-refractivity contribution is 6.06. The lowest BCUT2D eigenvalue weighted by molar-refractivity contribution is 0.0940. The summed E-state index contributed by atoms with van der Waals surface area (Å²) in [5.74, 6) is -1.52. The van der Waals surface area contributed by atoms with Crippen LogP contribution in [0.4, 0.5) is 10.2 Å². The molecule has 0 unspecified atom stereocenters. The van der Waals surface area contributed by atoms with E-state index in [0.29, 0.717) is 11.5 Å². The Bertz CT molecular complexity index is 1080. The summed E-state index contributed by atoms with van der Waals surface area (Å²) in [6.45, 7) is 0.127. The molecule has 8 nitrogen and oxygen atoms in total. The van der Waals surface area contributed by atoms with E-state index in [-0.39, 0.29) is 17.9 Å². The molecular weight excluding hydrogens is 391 g/mol. The lowest BCUT2D eigenvalue weighted by atomic mass is 10.2. The molecule has 0 saturated heterocycles. The van der Waals surface area contributed by atoms with Gasteiger partial charge in [0.1, 0.15) is 11.5 Å². The van der Waals surface area contributed by atoms with Crippen LogP contribution in [0.15, 0.2) is 48.5 Å². The molecule has 3 rings (SSSR count). The van der Waals surface area contributed by atoms with Crippen molar-refractivity contribution in [1.82, 2.24) is 15.1 Å². The molecule has 1 aromatic heterocycles. The fourth-order valence-electron chi connectivity index (χ4n) is 2.89. The minimum atomic E-state index is -0.932. The van der Waals surface area contributed by atoms with Crippen LogP contribution in [0, 0.1) is 5.82 Å². The molecule has 0 spiro atoms. The number of carbonyl (C=O) groups is 2. The third kappa shape index (κ3) is 4.24. The van der Waals surface area contributed by atoms with Crippen molar-refractivity contribution >= 4 is 17.6 Å². The molecule has 9 heteroatoms. The average molecular weight is 412 g/mol. The molecule has 0 aliphatic heterocycles. The summed E-state index contributed by atoms with van der Waals surface area (Å²) < 4.78 is 26.3. The smallest absolute Gasteiger partial charge is 0.275 e. The molecule has 0 bridgehead atoms. The predicted octanol–water partition coefficient (Wildman–Crippen LogP) is 2.76. The number of benzene rings is 2. The topological polar surface area (TPSA) is 94.5 Å². The lowest BCUT2D eigenvalue weighted by Crippen LogP contribution is -2.24. The molecular formula is C21H21FN4O4. The number of nitrogens with zero attached hydrogens (tertiary/aromatic N) is 2. The van der Waals surface area contributed by atoms with E-state index in [2.05, 4.69) is 15.7 Å². The Hall–Kier alpha value is -3.88. The molecule has 0 radical (unpaired) electrons. The zero-order valence-electron chi connectivity index (χ0n) is 16.7. The van der Waals surface area contributed by atoms with E-state index in [1.807, 2.05) is 0 Å². The number of carbonyl (C=O) groups excluding carboxylic acids is 2. The van der Waals surface area contributed by atoms with Crippen molar-refractivity contribution in [3.8, 4) is 11.5 Å². The number of rotatable bonds is 7. The van der Waals surface area contributed by atoms with Gasteiger partial charge >= 0.3 is 0 Å². The number of methoxy groups -OCH3 is 2. The van der Waals surface area contributed by atoms with Crippen LogP contribution in [0.25, 0.3) is 0 Å². The van der Waals surface area contributed by atoms with Gasteiger partial charge in [-0.15, -0.1) is 0 Å². The van der Waals surface area contributed by atoms with Gasteiger partial charge < -0.3 is 20.1 Å². The van der Waals surface area contributed by atoms with Gasteiger partial charge in [0, 0.05) is 19.2 Å². The number of nitrogens with one attached hydrogen (secondary N) is 2. The summed E-state index contributed by atoms with van der Waals surface area (Å²) in [6.07, 6.45) is 0. The van der Waals surface area contributed by atoms with E-state index < -0.39 is 23.3 Å². The summed E-state index contributed by atoms with van der Waals surface area (Å²) in [7, 11) is 4.38. The van der Waals surface area contributed by atoms with Crippen LogP contribution in [0.5, 0.6) is 11.5 Å². The van der Waals surface area contributed by atoms with Crippen LogP contribution in [0.1, 0.15) is 26.4 Å². The van der Waals surface area contributed by atoms with Gasteiger partial charge in [0.15, 0.2) is 17.3 Å². The number of para-hydroxylation sites is 2. The number of aryl methyl sites for hydroxylation is 1. The Labute approximate surface area is 172 Å². The van der Waals surface area contributed by atoms with Crippen molar-refractivity contribution in [3.63, 3.8) is 0 Å². The molecule has 2 amide bonds. The summed E-state index contributed by atoms with van der Waals surface area (Å²) >= 11 is 0. The van der Waals surface area contributed by atoms with Gasteiger partial charge in [-0.25, -0.2) is 9.07 Å².